The first-order chi connectivity index (χ1) is 6.03. The van der Waals surface area contributed by atoms with Gasteiger partial charge in [-0.25, -0.2) is 8.42 Å². The zero-order valence-corrected chi connectivity index (χ0v) is 8.43. The summed E-state index contributed by atoms with van der Waals surface area (Å²) in [5.41, 5.74) is 1.35. The van der Waals surface area contributed by atoms with Crippen LogP contribution >= 0.6 is 0 Å². The highest BCUT2D eigenvalue weighted by molar-refractivity contribution is 7.92. The third-order valence-electron chi connectivity index (χ3n) is 1.55. The van der Waals surface area contributed by atoms with Crippen molar-refractivity contribution in [2.45, 2.75) is 13.8 Å². The average Bonchev–Trinajstić information content (AvgIpc) is 2.03. The number of nitrogens with one attached hydrogen (secondary N) is 1. The van der Waals surface area contributed by atoms with Crippen molar-refractivity contribution in [2.24, 2.45) is 0 Å². The molecule has 5 heteroatoms. The molecule has 0 amide bonds. The second-order valence-corrected chi connectivity index (χ2v) is 4.70. The lowest BCUT2D eigenvalue weighted by atomic mass is 10.3. The van der Waals surface area contributed by atoms with E-state index in [9.17, 15) is 8.42 Å². The molecule has 0 radical (unpaired) electrons. The van der Waals surface area contributed by atoms with Crippen LogP contribution in [0.5, 0.6) is 0 Å². The van der Waals surface area contributed by atoms with E-state index in [0.29, 0.717) is 5.69 Å². The quantitative estimate of drug-likeness (QED) is 0.796. The summed E-state index contributed by atoms with van der Waals surface area (Å²) in [6.45, 7) is 3.40. The lowest BCUT2D eigenvalue weighted by Gasteiger charge is -2.05. The Labute approximate surface area is 78.1 Å². The van der Waals surface area contributed by atoms with Crippen LogP contribution in [0.1, 0.15) is 12.6 Å². The second kappa shape index (κ2) is 3.74. The van der Waals surface area contributed by atoms with Crippen LogP contribution in [0.25, 0.3) is 0 Å². The number of hydrogen-bond donors (Lipinski definition) is 1. The molecular formula is C8H12N2O2S. The molecule has 0 bridgehead atoms. The van der Waals surface area contributed by atoms with Gasteiger partial charge in [-0.3, -0.25) is 9.71 Å². The molecule has 72 valence electrons. The molecule has 1 heterocycles. The molecule has 1 N–H and O–H groups in total. The van der Waals surface area contributed by atoms with E-state index in [2.05, 4.69) is 9.71 Å². The van der Waals surface area contributed by atoms with Gasteiger partial charge in [0.2, 0.25) is 10.0 Å². The van der Waals surface area contributed by atoms with Gasteiger partial charge in [-0.05, 0) is 26.0 Å². The largest absolute Gasteiger partial charge is 0.283 e. The minimum absolute atomic E-state index is 0.0777. The zero-order chi connectivity index (χ0) is 9.90. The second-order valence-electron chi connectivity index (χ2n) is 2.69. The number of aryl methyl sites for hydroxylation is 1. The van der Waals surface area contributed by atoms with Gasteiger partial charge in [-0.2, -0.15) is 0 Å². The first-order valence-electron chi connectivity index (χ1n) is 3.96. The molecule has 0 aromatic carbocycles. The maximum absolute atomic E-state index is 11.1. The summed E-state index contributed by atoms with van der Waals surface area (Å²) in [5, 5.41) is 0. The minimum atomic E-state index is -3.17. The normalized spacial score (nSPS) is 11.2. The van der Waals surface area contributed by atoms with Gasteiger partial charge in [0.25, 0.3) is 0 Å². The summed E-state index contributed by atoms with van der Waals surface area (Å²) in [6, 6.07) is 3.31. The van der Waals surface area contributed by atoms with Gasteiger partial charge in [0.05, 0.1) is 11.4 Å². The fourth-order valence-corrected chi connectivity index (χ4v) is 1.49. The summed E-state index contributed by atoms with van der Waals surface area (Å²) >= 11 is 0. The van der Waals surface area contributed by atoms with Crippen molar-refractivity contribution in [3.8, 4) is 0 Å². The predicted octanol–water partition coefficient (Wildman–Crippen LogP) is 1.15. The summed E-state index contributed by atoms with van der Waals surface area (Å²) in [4.78, 5) is 3.96. The van der Waals surface area contributed by atoms with Gasteiger partial charge < -0.3 is 0 Å². The molecule has 1 rings (SSSR count). The van der Waals surface area contributed by atoms with Crippen LogP contribution < -0.4 is 4.72 Å². The Morgan fingerprint density at radius 2 is 2.23 bits per heavy atom. The van der Waals surface area contributed by atoms with E-state index in [1.807, 2.05) is 6.92 Å². The van der Waals surface area contributed by atoms with E-state index in [-0.39, 0.29) is 5.75 Å². The van der Waals surface area contributed by atoms with Gasteiger partial charge in [-0.15, -0.1) is 0 Å². The van der Waals surface area contributed by atoms with Crippen molar-refractivity contribution in [3.63, 3.8) is 0 Å². The summed E-state index contributed by atoms with van der Waals surface area (Å²) < 4.78 is 24.7. The first-order valence-corrected chi connectivity index (χ1v) is 5.62. The van der Waals surface area contributed by atoms with Crippen LogP contribution in [0.15, 0.2) is 18.3 Å². The molecule has 0 aliphatic rings. The Kier molecular flexibility index (Phi) is 2.87. The number of hydrogen-bond acceptors (Lipinski definition) is 3. The van der Waals surface area contributed by atoms with E-state index in [1.54, 1.807) is 25.3 Å². The molecule has 1 aromatic heterocycles. The molecule has 4 nitrogen and oxygen atoms in total. The number of rotatable bonds is 3. The van der Waals surface area contributed by atoms with E-state index in [0.717, 1.165) is 5.69 Å². The molecular weight excluding hydrogens is 188 g/mol. The van der Waals surface area contributed by atoms with E-state index >= 15 is 0 Å². The third kappa shape index (κ3) is 3.02. The number of aromatic nitrogens is 1. The standard InChI is InChI=1S/C8H12N2O2S/c1-3-13(11,12)10-8-4-5-9-7(2)6-8/h4-6H,3H2,1-2H3,(H,9,10). The fourth-order valence-electron chi connectivity index (χ4n) is 0.861. The first kappa shape index (κ1) is 9.98. The number of sulfonamides is 1. The molecule has 0 atom stereocenters. The molecule has 0 unspecified atom stereocenters. The van der Waals surface area contributed by atoms with E-state index in [1.165, 1.54) is 0 Å². The Morgan fingerprint density at radius 1 is 1.54 bits per heavy atom. The summed E-state index contributed by atoms with van der Waals surface area (Å²) in [5.74, 6) is 0.0777. The van der Waals surface area contributed by atoms with Gasteiger partial charge in [0.15, 0.2) is 0 Å². The molecule has 0 saturated carbocycles. The van der Waals surface area contributed by atoms with Gasteiger partial charge >= 0.3 is 0 Å². The molecule has 0 saturated heterocycles. The van der Waals surface area contributed by atoms with Crippen LogP contribution in [-0.2, 0) is 10.0 Å². The Balaban J connectivity index is 2.87. The van der Waals surface area contributed by atoms with Gasteiger partial charge in [0.1, 0.15) is 0 Å². The molecule has 13 heavy (non-hydrogen) atoms. The molecule has 0 spiro atoms. The smallest absolute Gasteiger partial charge is 0.232 e. The average molecular weight is 200 g/mol. The van der Waals surface area contributed by atoms with Crippen molar-refractivity contribution in [1.82, 2.24) is 4.98 Å². The van der Waals surface area contributed by atoms with Crippen LogP contribution in [0.4, 0.5) is 5.69 Å². The van der Waals surface area contributed by atoms with Crippen molar-refractivity contribution in [2.75, 3.05) is 10.5 Å². The number of anilines is 1. The molecule has 0 fully saturated rings. The molecule has 0 aliphatic carbocycles. The highest BCUT2D eigenvalue weighted by Crippen LogP contribution is 2.08. The van der Waals surface area contributed by atoms with Crippen LogP contribution in [0.2, 0.25) is 0 Å². The fraction of sp³-hybridized carbons (Fsp3) is 0.375. The number of pyridine rings is 1. The third-order valence-corrected chi connectivity index (χ3v) is 2.86. The zero-order valence-electron chi connectivity index (χ0n) is 7.61. The molecule has 0 aliphatic heterocycles. The summed E-state index contributed by atoms with van der Waals surface area (Å²) in [7, 11) is -3.17. The SMILES string of the molecule is CCS(=O)(=O)Nc1ccnc(C)c1. The van der Waals surface area contributed by atoms with Crippen LogP contribution in [0.3, 0.4) is 0 Å². The summed E-state index contributed by atoms with van der Waals surface area (Å²) in [6.07, 6.45) is 1.57. The highest BCUT2D eigenvalue weighted by atomic mass is 32.2. The topological polar surface area (TPSA) is 59.1 Å². The predicted molar refractivity (Wildman–Crippen MR) is 52.1 cm³/mol. The molecule has 1 aromatic rings. The van der Waals surface area contributed by atoms with Gasteiger partial charge in [-0.1, -0.05) is 0 Å². The minimum Gasteiger partial charge on any atom is -0.283 e. The van der Waals surface area contributed by atoms with E-state index < -0.39 is 10.0 Å². The maximum Gasteiger partial charge on any atom is 0.232 e. The lowest BCUT2D eigenvalue weighted by Crippen LogP contribution is -2.14. The van der Waals surface area contributed by atoms with Gasteiger partial charge in [0, 0.05) is 11.9 Å². The maximum atomic E-state index is 11.1. The lowest BCUT2D eigenvalue weighted by molar-refractivity contribution is 0.602. The van der Waals surface area contributed by atoms with Crippen molar-refractivity contribution < 1.29 is 8.42 Å². The van der Waals surface area contributed by atoms with Crippen LogP contribution in [-0.4, -0.2) is 19.2 Å². The van der Waals surface area contributed by atoms with Crippen LogP contribution in [0, 0.1) is 6.92 Å². The van der Waals surface area contributed by atoms with E-state index in [4.69, 9.17) is 0 Å². The Hall–Kier alpha value is -1.10. The Morgan fingerprint density at radius 3 is 2.77 bits per heavy atom. The van der Waals surface area contributed by atoms with Crippen molar-refractivity contribution >= 4 is 15.7 Å². The number of nitrogens with zero attached hydrogens (tertiary/aromatic N) is 1. The monoisotopic (exact) mass is 200 g/mol. The highest BCUT2D eigenvalue weighted by Gasteiger charge is 2.05. The van der Waals surface area contributed by atoms with Crippen molar-refractivity contribution in [1.29, 1.82) is 0 Å². The van der Waals surface area contributed by atoms with Crippen molar-refractivity contribution in [3.05, 3.63) is 24.0 Å². The Bertz CT molecular complexity index is 387.